The molecule has 0 aliphatic heterocycles. The number of nitrogens with zero attached hydrogens (tertiary/aromatic N) is 2. The Morgan fingerprint density at radius 2 is 2.12 bits per heavy atom. The molecule has 0 saturated carbocycles. The molecule has 1 aromatic carbocycles. The minimum absolute atomic E-state index is 0.0636. The number of aromatic nitrogens is 2. The van der Waals surface area contributed by atoms with Crippen molar-refractivity contribution in [3.05, 3.63) is 61.9 Å². The van der Waals surface area contributed by atoms with Crippen molar-refractivity contribution in [2.45, 2.75) is 13.5 Å². The molecule has 0 atom stereocenters. The second kappa shape index (κ2) is 7.25. The van der Waals surface area contributed by atoms with Gasteiger partial charge in [0.1, 0.15) is 23.0 Å². The Kier molecular flexibility index (Phi) is 5.24. The molecule has 130 valence electrons. The molecule has 0 amide bonds. The number of ether oxygens (including phenoxy) is 1. The molecule has 8 heteroatoms. The van der Waals surface area contributed by atoms with Crippen LogP contribution in [-0.2, 0) is 11.3 Å². The van der Waals surface area contributed by atoms with E-state index in [0.717, 1.165) is 18.2 Å². The number of hydrogen-bond donors (Lipinski definition) is 0. The number of carbonyl (C=O) groups excluding carboxylic acids is 1. The largest absolute Gasteiger partial charge is 0.461 e. The van der Waals surface area contributed by atoms with Crippen molar-refractivity contribution in [3.63, 3.8) is 0 Å². The molecule has 2 aromatic heterocycles. The summed E-state index contributed by atoms with van der Waals surface area (Å²) in [4.78, 5) is 16.7. The van der Waals surface area contributed by atoms with Gasteiger partial charge in [-0.15, -0.1) is 0 Å². The van der Waals surface area contributed by atoms with Crippen LogP contribution in [0.3, 0.4) is 0 Å². The number of halogens is 4. The summed E-state index contributed by atoms with van der Waals surface area (Å²) in [6, 6.07) is 4.86. The summed E-state index contributed by atoms with van der Waals surface area (Å²) in [6.07, 6.45) is 1.44. The Hall–Kier alpha value is -1.74. The SMILES string of the molecule is CCOC(=O)c1c(I)c2cc(Cl)cnc2n1Cc1cc(F)ccc1F. The van der Waals surface area contributed by atoms with E-state index < -0.39 is 17.6 Å². The maximum absolute atomic E-state index is 14.1. The van der Waals surface area contributed by atoms with Crippen LogP contribution in [0.25, 0.3) is 11.0 Å². The lowest BCUT2D eigenvalue weighted by atomic mass is 10.2. The fourth-order valence-electron chi connectivity index (χ4n) is 2.55. The average molecular weight is 477 g/mol. The van der Waals surface area contributed by atoms with Gasteiger partial charge in [0.05, 0.1) is 21.7 Å². The van der Waals surface area contributed by atoms with Crippen molar-refractivity contribution in [2.75, 3.05) is 6.61 Å². The van der Waals surface area contributed by atoms with E-state index >= 15 is 0 Å². The van der Waals surface area contributed by atoms with Crippen LogP contribution >= 0.6 is 34.2 Å². The quantitative estimate of drug-likeness (QED) is 0.401. The van der Waals surface area contributed by atoms with E-state index in [1.807, 2.05) is 22.6 Å². The highest BCUT2D eigenvalue weighted by atomic mass is 127. The third kappa shape index (κ3) is 3.48. The van der Waals surface area contributed by atoms with Crippen molar-refractivity contribution in [2.24, 2.45) is 0 Å². The lowest BCUT2D eigenvalue weighted by molar-refractivity contribution is 0.0513. The number of hydrogen-bond acceptors (Lipinski definition) is 3. The molecule has 0 aliphatic carbocycles. The number of fused-ring (bicyclic) bond motifs is 1. The predicted octanol–water partition coefficient (Wildman–Crippen LogP) is 4.80. The van der Waals surface area contributed by atoms with E-state index in [0.29, 0.717) is 19.6 Å². The first kappa shape index (κ1) is 18.1. The van der Waals surface area contributed by atoms with Crippen LogP contribution in [0.5, 0.6) is 0 Å². The molecule has 0 N–H and O–H groups in total. The Balaban J connectivity index is 2.22. The number of rotatable bonds is 4. The van der Waals surface area contributed by atoms with E-state index in [1.165, 1.54) is 10.8 Å². The molecule has 0 radical (unpaired) electrons. The van der Waals surface area contributed by atoms with E-state index in [4.69, 9.17) is 16.3 Å². The first-order valence-electron chi connectivity index (χ1n) is 7.36. The highest BCUT2D eigenvalue weighted by molar-refractivity contribution is 14.1. The number of esters is 1. The third-order valence-electron chi connectivity index (χ3n) is 3.61. The number of carbonyl (C=O) groups is 1. The summed E-state index contributed by atoms with van der Waals surface area (Å²) in [7, 11) is 0. The highest BCUT2D eigenvalue weighted by Gasteiger charge is 2.24. The van der Waals surface area contributed by atoms with E-state index in [9.17, 15) is 13.6 Å². The van der Waals surface area contributed by atoms with Crippen molar-refractivity contribution in [1.29, 1.82) is 0 Å². The zero-order valence-corrected chi connectivity index (χ0v) is 15.9. The first-order valence-corrected chi connectivity index (χ1v) is 8.82. The van der Waals surface area contributed by atoms with Crippen LogP contribution in [0.1, 0.15) is 23.0 Å². The van der Waals surface area contributed by atoms with Crippen molar-refractivity contribution in [1.82, 2.24) is 9.55 Å². The maximum atomic E-state index is 14.1. The van der Waals surface area contributed by atoms with Gasteiger partial charge in [0.2, 0.25) is 0 Å². The highest BCUT2D eigenvalue weighted by Crippen LogP contribution is 2.30. The monoisotopic (exact) mass is 476 g/mol. The molecule has 25 heavy (non-hydrogen) atoms. The van der Waals surface area contributed by atoms with Crippen LogP contribution in [0.2, 0.25) is 5.02 Å². The van der Waals surface area contributed by atoms with Gasteiger partial charge in [0, 0.05) is 17.1 Å². The minimum Gasteiger partial charge on any atom is -0.461 e. The average Bonchev–Trinajstić information content (AvgIpc) is 2.83. The van der Waals surface area contributed by atoms with Gasteiger partial charge >= 0.3 is 5.97 Å². The molecule has 0 saturated heterocycles. The molecule has 0 bridgehead atoms. The van der Waals surface area contributed by atoms with E-state index in [-0.39, 0.29) is 24.4 Å². The topological polar surface area (TPSA) is 44.1 Å². The second-order valence-corrected chi connectivity index (χ2v) is 6.74. The van der Waals surface area contributed by atoms with Gasteiger partial charge in [-0.1, -0.05) is 11.6 Å². The first-order chi connectivity index (χ1) is 11.9. The molecule has 0 fully saturated rings. The fraction of sp³-hybridized carbons (Fsp3) is 0.176. The molecular weight excluding hydrogens is 465 g/mol. The molecule has 0 spiro atoms. The van der Waals surface area contributed by atoms with Crippen LogP contribution in [0.15, 0.2) is 30.5 Å². The molecule has 0 aliphatic rings. The lowest BCUT2D eigenvalue weighted by Crippen LogP contribution is -2.15. The van der Waals surface area contributed by atoms with Crippen molar-refractivity contribution < 1.29 is 18.3 Å². The van der Waals surface area contributed by atoms with Crippen LogP contribution in [0.4, 0.5) is 8.78 Å². The Morgan fingerprint density at radius 3 is 2.84 bits per heavy atom. The van der Waals surface area contributed by atoms with Gasteiger partial charge in [0.25, 0.3) is 0 Å². The van der Waals surface area contributed by atoms with Crippen LogP contribution in [0, 0.1) is 15.2 Å². The normalized spacial score (nSPS) is 11.1. The Labute approximate surface area is 160 Å². The molecule has 3 aromatic rings. The van der Waals surface area contributed by atoms with Gasteiger partial charge in [-0.3, -0.25) is 0 Å². The summed E-state index contributed by atoms with van der Waals surface area (Å²) >= 11 is 8.00. The van der Waals surface area contributed by atoms with E-state index in [2.05, 4.69) is 4.98 Å². The maximum Gasteiger partial charge on any atom is 0.356 e. The lowest BCUT2D eigenvalue weighted by Gasteiger charge is -2.11. The second-order valence-electron chi connectivity index (χ2n) is 5.23. The van der Waals surface area contributed by atoms with Gasteiger partial charge in [-0.2, -0.15) is 0 Å². The zero-order valence-electron chi connectivity index (χ0n) is 13.0. The fourth-order valence-corrected chi connectivity index (χ4v) is 3.61. The number of pyridine rings is 1. The molecule has 4 nitrogen and oxygen atoms in total. The van der Waals surface area contributed by atoms with Crippen LogP contribution in [-0.4, -0.2) is 22.1 Å². The summed E-state index contributed by atoms with van der Waals surface area (Å²) in [5.74, 6) is -1.68. The predicted molar refractivity (Wildman–Crippen MR) is 98.9 cm³/mol. The third-order valence-corrected chi connectivity index (χ3v) is 4.91. The van der Waals surface area contributed by atoms with Gasteiger partial charge < -0.3 is 9.30 Å². The Morgan fingerprint density at radius 1 is 1.36 bits per heavy atom. The summed E-state index contributed by atoms with van der Waals surface area (Å²) in [6.45, 7) is 1.82. The summed E-state index contributed by atoms with van der Waals surface area (Å²) < 4.78 is 34.8. The van der Waals surface area contributed by atoms with E-state index in [1.54, 1.807) is 13.0 Å². The molecule has 0 unspecified atom stereocenters. The van der Waals surface area contributed by atoms with Gasteiger partial charge in [-0.25, -0.2) is 18.6 Å². The van der Waals surface area contributed by atoms with Gasteiger partial charge in [-0.05, 0) is 53.8 Å². The zero-order chi connectivity index (χ0) is 18.1. The molecule has 3 rings (SSSR count). The molecule has 2 heterocycles. The smallest absolute Gasteiger partial charge is 0.356 e. The van der Waals surface area contributed by atoms with Gasteiger partial charge in [0.15, 0.2) is 0 Å². The number of benzene rings is 1. The summed E-state index contributed by atoms with van der Waals surface area (Å²) in [5.41, 5.74) is 0.784. The Bertz CT molecular complexity index is 975. The standard InChI is InChI=1S/C17H12ClF2IN2O2/c1-2-25-17(24)15-14(21)12-6-10(18)7-22-16(12)23(15)8-9-5-11(19)3-4-13(9)20/h3-7H,2,8H2,1H3. The molecular formula is C17H12ClF2IN2O2. The van der Waals surface area contributed by atoms with Crippen molar-refractivity contribution >= 4 is 51.2 Å². The summed E-state index contributed by atoms with van der Waals surface area (Å²) in [5, 5.41) is 1.06. The minimum atomic E-state index is -0.568. The van der Waals surface area contributed by atoms with Crippen molar-refractivity contribution in [3.8, 4) is 0 Å². The van der Waals surface area contributed by atoms with Crippen LogP contribution < -0.4 is 0 Å².